The fourth-order valence-electron chi connectivity index (χ4n) is 1.31. The Bertz CT molecular complexity index is 249. The lowest BCUT2D eigenvalue weighted by Crippen LogP contribution is -2.49. The van der Waals surface area contributed by atoms with E-state index in [9.17, 15) is 0 Å². The lowest BCUT2D eigenvalue weighted by molar-refractivity contribution is 0.372. The highest BCUT2D eigenvalue weighted by molar-refractivity contribution is 6.22. The van der Waals surface area contributed by atoms with Gasteiger partial charge in [0.2, 0.25) is 0 Å². The van der Waals surface area contributed by atoms with E-state index in [1.165, 1.54) is 0 Å². The van der Waals surface area contributed by atoms with Crippen LogP contribution in [0.2, 0.25) is 0 Å². The lowest BCUT2D eigenvalue weighted by atomic mass is 10.0. The van der Waals surface area contributed by atoms with E-state index in [1.807, 2.05) is 16.9 Å². The Labute approximate surface area is 101 Å². The second-order valence-electron chi connectivity index (χ2n) is 3.60. The van der Waals surface area contributed by atoms with Gasteiger partial charge in [0, 0.05) is 36.2 Å². The summed E-state index contributed by atoms with van der Waals surface area (Å²) in [6.07, 6.45) is 4.64. The van der Waals surface area contributed by atoms with E-state index in [0.717, 1.165) is 19.5 Å². The predicted molar refractivity (Wildman–Crippen MR) is 64.7 cm³/mol. The van der Waals surface area contributed by atoms with Crippen molar-refractivity contribution in [2.24, 2.45) is 0 Å². The molecule has 0 spiro atoms. The van der Waals surface area contributed by atoms with Gasteiger partial charge in [-0.05, 0) is 12.5 Å². The summed E-state index contributed by atoms with van der Waals surface area (Å²) in [5.74, 6) is 1.07. The molecule has 0 saturated heterocycles. The molecule has 1 N–H and O–H groups in total. The van der Waals surface area contributed by atoms with Crippen LogP contribution in [0.3, 0.4) is 0 Å². The minimum atomic E-state index is -0.143. The van der Waals surface area contributed by atoms with Crippen LogP contribution in [0.15, 0.2) is 18.5 Å². The smallest absolute Gasteiger partial charge is 0.0534 e. The first-order valence-electron chi connectivity index (χ1n) is 5.11. The molecule has 0 radical (unpaired) electrons. The Morgan fingerprint density at radius 2 is 2.13 bits per heavy atom. The van der Waals surface area contributed by atoms with Crippen molar-refractivity contribution >= 4 is 23.2 Å². The standard InChI is InChI=1S/C10H17Cl2N3/c1-2-10(8-11,9-12)13-5-7-15-6-3-4-14-15/h3-4,6,13H,2,5,7-9H2,1H3. The van der Waals surface area contributed by atoms with Gasteiger partial charge in [-0.1, -0.05) is 6.92 Å². The van der Waals surface area contributed by atoms with E-state index in [2.05, 4.69) is 17.3 Å². The molecule has 0 unspecified atom stereocenters. The maximum atomic E-state index is 5.92. The van der Waals surface area contributed by atoms with Crippen molar-refractivity contribution in [3.8, 4) is 0 Å². The molecule has 0 aliphatic carbocycles. The van der Waals surface area contributed by atoms with E-state index < -0.39 is 0 Å². The summed E-state index contributed by atoms with van der Waals surface area (Å²) in [7, 11) is 0. The molecular weight excluding hydrogens is 233 g/mol. The molecule has 1 heterocycles. The van der Waals surface area contributed by atoms with E-state index in [0.29, 0.717) is 11.8 Å². The first-order valence-corrected chi connectivity index (χ1v) is 6.17. The van der Waals surface area contributed by atoms with Crippen LogP contribution in [0.5, 0.6) is 0 Å². The maximum Gasteiger partial charge on any atom is 0.0534 e. The largest absolute Gasteiger partial charge is 0.307 e. The lowest BCUT2D eigenvalue weighted by Gasteiger charge is -2.29. The minimum absolute atomic E-state index is 0.143. The summed E-state index contributed by atoms with van der Waals surface area (Å²) in [4.78, 5) is 0. The fraction of sp³-hybridized carbons (Fsp3) is 0.700. The number of rotatable bonds is 7. The summed E-state index contributed by atoms with van der Waals surface area (Å²) in [6.45, 7) is 3.75. The Morgan fingerprint density at radius 1 is 1.40 bits per heavy atom. The van der Waals surface area contributed by atoms with Crippen LogP contribution in [0.4, 0.5) is 0 Å². The maximum absolute atomic E-state index is 5.92. The first-order chi connectivity index (χ1) is 7.26. The normalized spacial score (nSPS) is 11.9. The first kappa shape index (κ1) is 12.8. The summed E-state index contributed by atoms with van der Waals surface area (Å²) >= 11 is 11.8. The third-order valence-corrected chi connectivity index (χ3v) is 3.61. The second kappa shape index (κ2) is 6.36. The van der Waals surface area contributed by atoms with Gasteiger partial charge in [-0.2, -0.15) is 5.10 Å². The Morgan fingerprint density at radius 3 is 2.60 bits per heavy atom. The van der Waals surface area contributed by atoms with Crippen molar-refractivity contribution in [1.82, 2.24) is 15.1 Å². The zero-order chi connectivity index (χ0) is 11.1. The molecule has 1 rings (SSSR count). The van der Waals surface area contributed by atoms with Crippen molar-refractivity contribution in [3.63, 3.8) is 0 Å². The van der Waals surface area contributed by atoms with Crippen LogP contribution in [-0.2, 0) is 6.54 Å². The van der Waals surface area contributed by atoms with Crippen LogP contribution < -0.4 is 5.32 Å². The van der Waals surface area contributed by atoms with Gasteiger partial charge in [0.25, 0.3) is 0 Å². The van der Waals surface area contributed by atoms with Crippen molar-refractivity contribution in [2.45, 2.75) is 25.4 Å². The average Bonchev–Trinajstić information content (AvgIpc) is 2.78. The average molecular weight is 250 g/mol. The molecule has 0 bridgehead atoms. The van der Waals surface area contributed by atoms with Crippen molar-refractivity contribution in [1.29, 1.82) is 0 Å². The summed E-state index contributed by atoms with van der Waals surface area (Å²) in [5.41, 5.74) is -0.143. The Hall–Kier alpha value is -0.250. The molecule has 15 heavy (non-hydrogen) atoms. The van der Waals surface area contributed by atoms with Gasteiger partial charge in [-0.25, -0.2) is 0 Å². The predicted octanol–water partition coefficient (Wildman–Crippen LogP) is 2.10. The van der Waals surface area contributed by atoms with Gasteiger partial charge < -0.3 is 5.32 Å². The number of halogens is 2. The van der Waals surface area contributed by atoms with Gasteiger partial charge in [-0.15, -0.1) is 23.2 Å². The van der Waals surface area contributed by atoms with Crippen molar-refractivity contribution in [2.75, 3.05) is 18.3 Å². The molecule has 0 saturated carbocycles. The van der Waals surface area contributed by atoms with E-state index in [1.54, 1.807) is 6.20 Å². The highest BCUT2D eigenvalue weighted by atomic mass is 35.5. The number of nitrogens with zero attached hydrogens (tertiary/aromatic N) is 2. The molecule has 5 heteroatoms. The van der Waals surface area contributed by atoms with E-state index in [4.69, 9.17) is 23.2 Å². The third kappa shape index (κ3) is 3.67. The molecular formula is C10H17Cl2N3. The van der Waals surface area contributed by atoms with Crippen molar-refractivity contribution in [3.05, 3.63) is 18.5 Å². The van der Waals surface area contributed by atoms with Crippen LogP contribution in [0.25, 0.3) is 0 Å². The third-order valence-electron chi connectivity index (χ3n) is 2.59. The number of hydrogen-bond donors (Lipinski definition) is 1. The highest BCUT2D eigenvalue weighted by Crippen LogP contribution is 2.14. The number of hydrogen-bond acceptors (Lipinski definition) is 2. The van der Waals surface area contributed by atoms with Gasteiger partial charge in [-0.3, -0.25) is 4.68 Å². The molecule has 0 fully saturated rings. The summed E-state index contributed by atoms with van der Waals surface area (Å²) < 4.78 is 1.88. The molecule has 0 aromatic carbocycles. The van der Waals surface area contributed by atoms with Crippen LogP contribution >= 0.6 is 23.2 Å². The molecule has 0 amide bonds. The van der Waals surface area contributed by atoms with Crippen LogP contribution in [-0.4, -0.2) is 33.6 Å². The van der Waals surface area contributed by atoms with Crippen LogP contribution in [0.1, 0.15) is 13.3 Å². The van der Waals surface area contributed by atoms with Crippen LogP contribution in [0, 0.1) is 0 Å². The van der Waals surface area contributed by atoms with Gasteiger partial charge >= 0.3 is 0 Å². The second-order valence-corrected chi connectivity index (χ2v) is 4.13. The zero-order valence-corrected chi connectivity index (χ0v) is 10.4. The van der Waals surface area contributed by atoms with Gasteiger partial charge in [0.1, 0.15) is 0 Å². The van der Waals surface area contributed by atoms with Gasteiger partial charge in [0.15, 0.2) is 0 Å². The SMILES string of the molecule is CCC(CCl)(CCl)NCCn1cccn1. The molecule has 0 aliphatic rings. The van der Waals surface area contributed by atoms with Gasteiger partial charge in [0.05, 0.1) is 6.54 Å². The minimum Gasteiger partial charge on any atom is -0.307 e. The molecule has 1 aromatic rings. The summed E-state index contributed by atoms with van der Waals surface area (Å²) in [5, 5.41) is 7.52. The topological polar surface area (TPSA) is 29.9 Å². The highest BCUT2D eigenvalue weighted by Gasteiger charge is 2.24. The number of nitrogens with one attached hydrogen (secondary N) is 1. The number of aromatic nitrogens is 2. The zero-order valence-electron chi connectivity index (χ0n) is 8.92. The number of alkyl halides is 2. The molecule has 3 nitrogen and oxygen atoms in total. The Balaban J connectivity index is 2.34. The molecule has 1 aromatic heterocycles. The Kier molecular flexibility index (Phi) is 5.43. The van der Waals surface area contributed by atoms with E-state index >= 15 is 0 Å². The van der Waals surface area contributed by atoms with Crippen molar-refractivity contribution < 1.29 is 0 Å². The molecule has 0 atom stereocenters. The molecule has 0 aliphatic heterocycles. The fourth-order valence-corrected chi connectivity index (χ4v) is 2.17. The van der Waals surface area contributed by atoms with E-state index in [-0.39, 0.29) is 5.54 Å². The quantitative estimate of drug-likeness (QED) is 0.751. The monoisotopic (exact) mass is 249 g/mol. The summed E-state index contributed by atoms with van der Waals surface area (Å²) in [6, 6.07) is 1.91. The molecule has 86 valence electrons.